The fourth-order valence-electron chi connectivity index (χ4n) is 1.27. The van der Waals surface area contributed by atoms with E-state index >= 15 is 0 Å². The van der Waals surface area contributed by atoms with Crippen molar-refractivity contribution in [2.24, 2.45) is 0 Å². The van der Waals surface area contributed by atoms with Crippen LogP contribution in [0, 0.1) is 5.82 Å². The van der Waals surface area contributed by atoms with Gasteiger partial charge in [0, 0.05) is 6.42 Å². The molecule has 0 aliphatic heterocycles. The van der Waals surface area contributed by atoms with E-state index in [1.165, 1.54) is 13.0 Å². The molecule has 0 N–H and O–H groups in total. The smallest absolute Gasteiger partial charge is 0.300 e. The molecule has 0 saturated carbocycles. The zero-order valence-corrected chi connectivity index (χ0v) is 8.57. The average molecular weight is 234 g/mol. The van der Waals surface area contributed by atoms with E-state index in [1.54, 1.807) is 0 Å². The Kier molecular flexibility index (Phi) is 3.67. The average Bonchev–Trinajstić information content (AvgIpc) is 2.14. The standard InChI is InChI=1S/C11H10F4O/c1-7(16)2-3-8-4-5-10(12)9(6-8)11(13,14)15/h4-6H,2-3H2,1H3. The molecule has 0 heterocycles. The number of ketones is 1. The third kappa shape index (κ3) is 3.32. The van der Waals surface area contributed by atoms with Gasteiger partial charge in [0.15, 0.2) is 0 Å². The summed E-state index contributed by atoms with van der Waals surface area (Å²) in [7, 11) is 0. The van der Waals surface area contributed by atoms with Gasteiger partial charge in [0.25, 0.3) is 0 Å². The van der Waals surface area contributed by atoms with Crippen molar-refractivity contribution in [3.8, 4) is 0 Å². The van der Waals surface area contributed by atoms with Gasteiger partial charge in [-0.1, -0.05) is 6.07 Å². The Morgan fingerprint density at radius 2 is 1.94 bits per heavy atom. The zero-order chi connectivity index (χ0) is 12.3. The van der Waals surface area contributed by atoms with Crippen molar-refractivity contribution in [1.82, 2.24) is 0 Å². The molecule has 0 unspecified atom stereocenters. The number of hydrogen-bond acceptors (Lipinski definition) is 1. The molecular weight excluding hydrogens is 224 g/mol. The predicted octanol–water partition coefficient (Wildman–Crippen LogP) is 3.37. The van der Waals surface area contributed by atoms with Crippen LogP contribution >= 0.6 is 0 Å². The van der Waals surface area contributed by atoms with Gasteiger partial charge in [0.05, 0.1) is 5.56 Å². The molecule has 0 radical (unpaired) electrons. The number of carbonyl (C=O) groups is 1. The van der Waals surface area contributed by atoms with Crippen LogP contribution in [0.4, 0.5) is 17.6 Å². The molecule has 0 aliphatic rings. The first-order chi connectivity index (χ1) is 7.30. The molecular formula is C11H10F4O. The molecule has 1 aromatic rings. The third-order valence-corrected chi connectivity index (χ3v) is 2.10. The number of rotatable bonds is 3. The maximum Gasteiger partial charge on any atom is 0.419 e. The van der Waals surface area contributed by atoms with Crippen molar-refractivity contribution in [2.75, 3.05) is 0 Å². The first kappa shape index (κ1) is 12.7. The Labute approximate surface area is 90.1 Å². The van der Waals surface area contributed by atoms with Crippen LogP contribution in [0.25, 0.3) is 0 Å². The Bertz CT molecular complexity index is 395. The lowest BCUT2D eigenvalue weighted by atomic mass is 10.0. The largest absolute Gasteiger partial charge is 0.419 e. The Balaban J connectivity index is 2.94. The van der Waals surface area contributed by atoms with Gasteiger partial charge in [-0.2, -0.15) is 13.2 Å². The van der Waals surface area contributed by atoms with Crippen LogP contribution in [0.1, 0.15) is 24.5 Å². The van der Waals surface area contributed by atoms with Crippen molar-refractivity contribution >= 4 is 5.78 Å². The number of alkyl halides is 3. The third-order valence-electron chi connectivity index (χ3n) is 2.10. The van der Waals surface area contributed by atoms with E-state index in [2.05, 4.69) is 0 Å². The van der Waals surface area contributed by atoms with Gasteiger partial charge in [-0.25, -0.2) is 4.39 Å². The van der Waals surface area contributed by atoms with E-state index in [0.717, 1.165) is 12.1 Å². The molecule has 88 valence electrons. The van der Waals surface area contributed by atoms with Gasteiger partial charge >= 0.3 is 6.18 Å². The van der Waals surface area contributed by atoms with Gasteiger partial charge in [0.1, 0.15) is 11.6 Å². The molecule has 0 bridgehead atoms. The van der Waals surface area contributed by atoms with Crippen molar-refractivity contribution in [1.29, 1.82) is 0 Å². The molecule has 0 saturated heterocycles. The minimum absolute atomic E-state index is 0.113. The normalized spacial score (nSPS) is 11.6. The number of carbonyl (C=O) groups excluding carboxylic acids is 1. The summed E-state index contributed by atoms with van der Waals surface area (Å²) in [5, 5.41) is 0. The molecule has 0 spiro atoms. The maximum atomic E-state index is 12.9. The molecule has 0 amide bonds. The fourth-order valence-corrected chi connectivity index (χ4v) is 1.27. The Hall–Kier alpha value is -1.39. The van der Waals surface area contributed by atoms with Gasteiger partial charge in [-0.05, 0) is 31.0 Å². The minimum Gasteiger partial charge on any atom is -0.300 e. The van der Waals surface area contributed by atoms with E-state index in [1.807, 2.05) is 0 Å². The quantitative estimate of drug-likeness (QED) is 0.733. The summed E-state index contributed by atoms with van der Waals surface area (Å²) in [6, 6.07) is 2.78. The highest BCUT2D eigenvalue weighted by atomic mass is 19.4. The summed E-state index contributed by atoms with van der Waals surface area (Å²) >= 11 is 0. The van der Waals surface area contributed by atoms with Crippen molar-refractivity contribution in [2.45, 2.75) is 25.9 Å². The summed E-state index contributed by atoms with van der Waals surface area (Å²) < 4.78 is 49.8. The van der Waals surface area contributed by atoms with E-state index in [9.17, 15) is 22.4 Å². The van der Waals surface area contributed by atoms with E-state index < -0.39 is 17.6 Å². The van der Waals surface area contributed by atoms with Crippen LogP contribution in [-0.2, 0) is 17.4 Å². The highest BCUT2D eigenvalue weighted by molar-refractivity contribution is 5.75. The molecule has 0 aliphatic carbocycles. The predicted molar refractivity (Wildman–Crippen MR) is 50.4 cm³/mol. The second kappa shape index (κ2) is 4.63. The molecule has 0 fully saturated rings. The number of Topliss-reactive ketones (excluding diaryl/α,β-unsaturated/α-hetero) is 1. The topological polar surface area (TPSA) is 17.1 Å². The van der Waals surface area contributed by atoms with E-state index in [4.69, 9.17) is 0 Å². The van der Waals surface area contributed by atoms with Crippen LogP contribution in [0.15, 0.2) is 18.2 Å². The van der Waals surface area contributed by atoms with Crippen molar-refractivity contribution in [3.05, 3.63) is 35.1 Å². The lowest BCUT2D eigenvalue weighted by Gasteiger charge is -2.09. The summed E-state index contributed by atoms with van der Waals surface area (Å²) in [5.41, 5.74) is -0.975. The molecule has 5 heteroatoms. The molecule has 16 heavy (non-hydrogen) atoms. The van der Waals surface area contributed by atoms with Crippen LogP contribution in [0.5, 0.6) is 0 Å². The van der Waals surface area contributed by atoms with Crippen LogP contribution < -0.4 is 0 Å². The first-order valence-corrected chi connectivity index (χ1v) is 4.66. The molecule has 1 aromatic carbocycles. The molecule has 1 nitrogen and oxygen atoms in total. The molecule has 0 aromatic heterocycles. The number of benzene rings is 1. The highest BCUT2D eigenvalue weighted by Crippen LogP contribution is 2.32. The van der Waals surface area contributed by atoms with Gasteiger partial charge in [-0.3, -0.25) is 0 Å². The SMILES string of the molecule is CC(=O)CCc1ccc(F)c(C(F)(F)F)c1. The zero-order valence-electron chi connectivity index (χ0n) is 8.57. The molecule has 0 atom stereocenters. The van der Waals surface area contributed by atoms with E-state index in [0.29, 0.717) is 5.56 Å². The summed E-state index contributed by atoms with van der Waals surface area (Å²) in [5.74, 6) is -1.41. The second-order valence-electron chi connectivity index (χ2n) is 3.51. The molecule has 1 rings (SSSR count). The minimum atomic E-state index is -4.70. The van der Waals surface area contributed by atoms with Gasteiger partial charge in [-0.15, -0.1) is 0 Å². The summed E-state index contributed by atoms with van der Waals surface area (Å²) in [6.45, 7) is 1.36. The van der Waals surface area contributed by atoms with Gasteiger partial charge in [0.2, 0.25) is 0 Å². The van der Waals surface area contributed by atoms with Crippen LogP contribution in [0.3, 0.4) is 0 Å². The number of halogens is 4. The summed E-state index contributed by atoms with van der Waals surface area (Å²) in [6.07, 6.45) is -4.35. The van der Waals surface area contributed by atoms with Crippen LogP contribution in [0.2, 0.25) is 0 Å². The van der Waals surface area contributed by atoms with Crippen LogP contribution in [-0.4, -0.2) is 5.78 Å². The lowest BCUT2D eigenvalue weighted by molar-refractivity contribution is -0.140. The highest BCUT2D eigenvalue weighted by Gasteiger charge is 2.34. The number of hydrogen-bond donors (Lipinski definition) is 0. The van der Waals surface area contributed by atoms with Crippen molar-refractivity contribution < 1.29 is 22.4 Å². The summed E-state index contributed by atoms with van der Waals surface area (Å²) in [4.78, 5) is 10.7. The Morgan fingerprint density at radius 1 is 1.31 bits per heavy atom. The number of aryl methyl sites for hydroxylation is 1. The maximum absolute atomic E-state index is 12.9. The monoisotopic (exact) mass is 234 g/mol. The second-order valence-corrected chi connectivity index (χ2v) is 3.51. The van der Waals surface area contributed by atoms with Gasteiger partial charge < -0.3 is 4.79 Å². The fraction of sp³-hybridized carbons (Fsp3) is 0.364. The first-order valence-electron chi connectivity index (χ1n) is 4.66. The van der Waals surface area contributed by atoms with Crippen molar-refractivity contribution in [3.63, 3.8) is 0 Å². The Morgan fingerprint density at radius 3 is 2.44 bits per heavy atom. The van der Waals surface area contributed by atoms with E-state index in [-0.39, 0.29) is 18.6 Å². The lowest BCUT2D eigenvalue weighted by Crippen LogP contribution is -2.09.